The third-order valence-electron chi connectivity index (χ3n) is 5.75. The molecule has 4 aromatic rings. The minimum atomic E-state index is -0.584. The normalized spacial score (nSPS) is 11.0. The standard InChI is InChI=1S/C31H22BrCl3N2O4/c1-39-29-14-20(13-28(35)30(29)41-17-19-2-5-23(32)6-3-19)12-22(16-36)31(38)37-25-8-10-26(11-9-25)40-18-21-4-7-24(33)15-27(21)34/h2-15H,17-18H2,1H3,(H,37,38)/b22-12+. The van der Waals surface area contributed by atoms with Crippen LogP contribution in [0.2, 0.25) is 15.1 Å². The number of hydrogen-bond acceptors (Lipinski definition) is 5. The molecule has 0 spiro atoms. The summed E-state index contributed by atoms with van der Waals surface area (Å²) < 4.78 is 18.1. The average molecular weight is 673 g/mol. The number of nitrogens with one attached hydrogen (secondary N) is 1. The van der Waals surface area contributed by atoms with Crippen LogP contribution in [0.4, 0.5) is 5.69 Å². The smallest absolute Gasteiger partial charge is 0.266 e. The van der Waals surface area contributed by atoms with Gasteiger partial charge in [0.1, 0.15) is 30.6 Å². The zero-order valence-corrected chi connectivity index (χ0v) is 25.4. The van der Waals surface area contributed by atoms with E-state index in [1.807, 2.05) is 30.3 Å². The lowest BCUT2D eigenvalue weighted by molar-refractivity contribution is -0.112. The van der Waals surface area contributed by atoms with Gasteiger partial charge in [0.15, 0.2) is 11.5 Å². The van der Waals surface area contributed by atoms with Gasteiger partial charge in [0.25, 0.3) is 5.91 Å². The lowest BCUT2D eigenvalue weighted by Crippen LogP contribution is -2.13. The molecular formula is C31H22BrCl3N2O4. The van der Waals surface area contributed by atoms with E-state index < -0.39 is 5.91 Å². The molecular weight excluding hydrogens is 651 g/mol. The SMILES string of the molecule is COc1cc(/C=C(\C#N)C(=O)Nc2ccc(OCc3ccc(Cl)cc3Cl)cc2)cc(Cl)c1OCc1ccc(Br)cc1. The van der Waals surface area contributed by atoms with Crippen molar-refractivity contribution in [3.8, 4) is 23.3 Å². The minimum Gasteiger partial charge on any atom is -0.493 e. The topological polar surface area (TPSA) is 80.6 Å². The summed E-state index contributed by atoms with van der Waals surface area (Å²) in [5.74, 6) is 0.723. The number of anilines is 1. The average Bonchev–Trinajstić information content (AvgIpc) is 2.96. The van der Waals surface area contributed by atoms with Crippen LogP contribution >= 0.6 is 50.7 Å². The number of rotatable bonds is 10. The Labute approximate surface area is 261 Å². The lowest BCUT2D eigenvalue weighted by atomic mass is 10.1. The fraction of sp³-hybridized carbons (Fsp3) is 0.0968. The van der Waals surface area contributed by atoms with E-state index in [1.54, 1.807) is 54.6 Å². The largest absolute Gasteiger partial charge is 0.493 e. The van der Waals surface area contributed by atoms with E-state index in [9.17, 15) is 10.1 Å². The molecule has 0 unspecified atom stereocenters. The first-order chi connectivity index (χ1) is 19.7. The van der Waals surface area contributed by atoms with Crippen LogP contribution in [-0.2, 0) is 18.0 Å². The van der Waals surface area contributed by atoms with Crippen LogP contribution in [-0.4, -0.2) is 13.0 Å². The third kappa shape index (κ3) is 8.42. The lowest BCUT2D eigenvalue weighted by Gasteiger charge is -2.14. The second-order valence-corrected chi connectivity index (χ2v) is 10.8. The summed E-state index contributed by atoms with van der Waals surface area (Å²) in [7, 11) is 1.49. The molecule has 0 aliphatic rings. The number of amides is 1. The molecule has 208 valence electrons. The van der Waals surface area contributed by atoms with Gasteiger partial charge in [-0.1, -0.05) is 68.9 Å². The van der Waals surface area contributed by atoms with Gasteiger partial charge in [-0.05, 0) is 77.9 Å². The van der Waals surface area contributed by atoms with Crippen molar-refractivity contribution in [1.82, 2.24) is 0 Å². The van der Waals surface area contributed by atoms with Crippen molar-refractivity contribution < 1.29 is 19.0 Å². The molecule has 0 heterocycles. The van der Waals surface area contributed by atoms with Crippen molar-refractivity contribution in [3.05, 3.63) is 121 Å². The van der Waals surface area contributed by atoms with Gasteiger partial charge in [-0.15, -0.1) is 0 Å². The fourth-order valence-electron chi connectivity index (χ4n) is 3.65. The summed E-state index contributed by atoms with van der Waals surface area (Å²) in [4.78, 5) is 12.8. The van der Waals surface area contributed by atoms with Gasteiger partial charge >= 0.3 is 0 Å². The number of hydrogen-bond donors (Lipinski definition) is 1. The Hall–Kier alpha value is -3.67. The Kier molecular flexibility index (Phi) is 10.6. The second-order valence-electron chi connectivity index (χ2n) is 8.62. The van der Waals surface area contributed by atoms with Gasteiger partial charge in [-0.25, -0.2) is 0 Å². The Morgan fingerprint density at radius 1 is 0.927 bits per heavy atom. The van der Waals surface area contributed by atoms with Gasteiger partial charge in [-0.2, -0.15) is 5.26 Å². The van der Waals surface area contributed by atoms with Crippen LogP contribution in [0.1, 0.15) is 16.7 Å². The summed E-state index contributed by atoms with van der Waals surface area (Å²) in [5, 5.41) is 13.7. The number of benzene rings is 4. The molecule has 4 rings (SSSR count). The van der Waals surface area contributed by atoms with Crippen LogP contribution in [0, 0.1) is 11.3 Å². The van der Waals surface area contributed by atoms with Gasteiger partial charge < -0.3 is 19.5 Å². The quantitative estimate of drug-likeness (QED) is 0.134. The first-order valence-electron chi connectivity index (χ1n) is 12.1. The molecule has 0 radical (unpaired) electrons. The van der Waals surface area contributed by atoms with Crippen molar-refractivity contribution in [2.75, 3.05) is 12.4 Å². The number of halogens is 4. The highest BCUT2D eigenvalue weighted by molar-refractivity contribution is 9.10. The van der Waals surface area contributed by atoms with E-state index >= 15 is 0 Å². The van der Waals surface area contributed by atoms with E-state index in [2.05, 4.69) is 21.2 Å². The first kappa shape index (κ1) is 30.3. The zero-order chi connectivity index (χ0) is 29.4. The molecule has 0 aromatic heterocycles. The number of carbonyl (C=O) groups is 1. The molecule has 0 saturated heterocycles. The summed E-state index contributed by atoms with van der Waals surface area (Å²) in [6.45, 7) is 0.534. The summed E-state index contributed by atoms with van der Waals surface area (Å²) in [6.07, 6.45) is 1.43. The maximum atomic E-state index is 12.8. The van der Waals surface area contributed by atoms with Crippen molar-refractivity contribution in [2.45, 2.75) is 13.2 Å². The molecule has 0 aliphatic carbocycles. The molecule has 6 nitrogen and oxygen atoms in total. The number of nitrogens with zero attached hydrogens (tertiary/aromatic N) is 1. The van der Waals surface area contributed by atoms with Gasteiger partial charge in [-0.3, -0.25) is 4.79 Å². The number of nitriles is 1. The summed E-state index contributed by atoms with van der Waals surface area (Å²) in [6, 6.07) is 24.8. The maximum Gasteiger partial charge on any atom is 0.266 e. The number of carbonyl (C=O) groups excluding carboxylic acids is 1. The molecule has 1 N–H and O–H groups in total. The van der Waals surface area contributed by atoms with E-state index in [0.29, 0.717) is 38.5 Å². The fourth-order valence-corrected chi connectivity index (χ4v) is 4.65. The summed E-state index contributed by atoms with van der Waals surface area (Å²) in [5.41, 5.74) is 2.60. The third-order valence-corrected chi connectivity index (χ3v) is 7.14. The van der Waals surface area contributed by atoms with E-state index in [-0.39, 0.29) is 23.8 Å². The zero-order valence-electron chi connectivity index (χ0n) is 21.6. The monoisotopic (exact) mass is 670 g/mol. The molecule has 0 bridgehead atoms. The molecule has 41 heavy (non-hydrogen) atoms. The van der Waals surface area contributed by atoms with Crippen molar-refractivity contribution in [2.24, 2.45) is 0 Å². The van der Waals surface area contributed by atoms with E-state index in [4.69, 9.17) is 49.0 Å². The van der Waals surface area contributed by atoms with Crippen molar-refractivity contribution in [1.29, 1.82) is 5.26 Å². The first-order valence-corrected chi connectivity index (χ1v) is 14.0. The maximum absolute atomic E-state index is 12.8. The number of ether oxygens (including phenoxy) is 3. The van der Waals surface area contributed by atoms with Crippen LogP contribution in [0.15, 0.2) is 88.9 Å². The van der Waals surface area contributed by atoms with Crippen LogP contribution in [0.5, 0.6) is 17.2 Å². The van der Waals surface area contributed by atoms with E-state index in [1.165, 1.54) is 13.2 Å². The van der Waals surface area contributed by atoms with Crippen LogP contribution in [0.25, 0.3) is 6.08 Å². The van der Waals surface area contributed by atoms with Crippen molar-refractivity contribution >= 4 is 68.4 Å². The molecule has 0 saturated carbocycles. The number of methoxy groups -OCH3 is 1. The molecule has 0 fully saturated rings. The van der Waals surface area contributed by atoms with Gasteiger partial charge in [0, 0.05) is 25.8 Å². The second kappa shape index (κ2) is 14.3. The molecule has 0 aliphatic heterocycles. The molecule has 4 aromatic carbocycles. The van der Waals surface area contributed by atoms with Crippen molar-refractivity contribution in [3.63, 3.8) is 0 Å². The highest BCUT2D eigenvalue weighted by Crippen LogP contribution is 2.37. The Morgan fingerprint density at radius 2 is 1.66 bits per heavy atom. The highest BCUT2D eigenvalue weighted by atomic mass is 79.9. The Bertz CT molecular complexity index is 1620. The molecule has 0 atom stereocenters. The summed E-state index contributed by atoms with van der Waals surface area (Å²) >= 11 is 22.0. The predicted octanol–water partition coefficient (Wildman–Crippen LogP) is 9.12. The minimum absolute atomic E-state index is 0.121. The Morgan fingerprint density at radius 3 is 2.32 bits per heavy atom. The van der Waals surface area contributed by atoms with Crippen LogP contribution in [0.3, 0.4) is 0 Å². The van der Waals surface area contributed by atoms with Crippen LogP contribution < -0.4 is 19.5 Å². The van der Waals surface area contributed by atoms with Gasteiger partial charge in [0.05, 0.1) is 12.1 Å². The van der Waals surface area contributed by atoms with E-state index in [0.717, 1.165) is 15.6 Å². The van der Waals surface area contributed by atoms with Gasteiger partial charge in [0.2, 0.25) is 0 Å². The Balaban J connectivity index is 1.41. The highest BCUT2D eigenvalue weighted by Gasteiger charge is 2.15. The molecule has 1 amide bonds. The predicted molar refractivity (Wildman–Crippen MR) is 166 cm³/mol. The molecule has 10 heteroatoms.